The van der Waals surface area contributed by atoms with Gasteiger partial charge in [-0.05, 0) is 42.8 Å². The summed E-state index contributed by atoms with van der Waals surface area (Å²) in [5.41, 5.74) is 0.0625. The molecule has 18 heteroatoms. The first-order valence-corrected chi connectivity index (χ1v) is 12.6. The predicted molar refractivity (Wildman–Crippen MR) is 140 cm³/mol. The van der Waals surface area contributed by atoms with E-state index in [-0.39, 0.29) is 24.9 Å². The van der Waals surface area contributed by atoms with Crippen LogP contribution in [0.25, 0.3) is 0 Å². The maximum Gasteiger partial charge on any atom is 0.490 e. The Morgan fingerprint density at radius 2 is 1.59 bits per heavy atom. The molecule has 4 rings (SSSR count). The van der Waals surface area contributed by atoms with Crippen molar-refractivity contribution in [2.75, 3.05) is 48.9 Å². The minimum absolute atomic E-state index is 0.161. The molecule has 0 saturated carbocycles. The molecule has 0 saturated heterocycles. The topological polar surface area (TPSA) is 113 Å². The Kier molecular flexibility index (Phi) is 10.8. The standard InChI is InChI=1S/C24H24F6N6O.C2HF3O2/c1-37-14-11-32-22-34-19-9-13-36(21-18(24(28,29)30)3-2-10-31-21)12-8-17(19)20(35-22)33-16-6-4-15(5-7-16)23(25,26)27;3-2(4,5)1(6)7/h2-7,10H,8-9,11-14H2,1H3,(H2,32,33,34,35);(H,6,7). The zero-order valence-electron chi connectivity index (χ0n) is 22.7. The lowest BCUT2D eigenvalue weighted by atomic mass is 10.1. The van der Waals surface area contributed by atoms with Crippen molar-refractivity contribution in [2.24, 2.45) is 0 Å². The minimum atomic E-state index is -5.08. The fraction of sp³-hybridized carbons (Fsp3) is 0.385. The number of aromatic nitrogens is 3. The summed E-state index contributed by atoms with van der Waals surface area (Å²) < 4.78 is 116. The molecule has 1 aliphatic heterocycles. The molecule has 240 valence electrons. The summed E-state index contributed by atoms with van der Waals surface area (Å²) in [7, 11) is 1.54. The summed E-state index contributed by atoms with van der Waals surface area (Å²) in [5.74, 6) is -2.28. The first-order chi connectivity index (χ1) is 20.5. The molecule has 44 heavy (non-hydrogen) atoms. The van der Waals surface area contributed by atoms with Crippen molar-refractivity contribution in [1.29, 1.82) is 0 Å². The zero-order chi connectivity index (χ0) is 32.7. The van der Waals surface area contributed by atoms with E-state index >= 15 is 0 Å². The van der Waals surface area contributed by atoms with E-state index in [2.05, 4.69) is 25.6 Å². The van der Waals surface area contributed by atoms with Crippen LogP contribution in [0.15, 0.2) is 42.6 Å². The van der Waals surface area contributed by atoms with E-state index in [1.807, 2.05) is 0 Å². The van der Waals surface area contributed by atoms with E-state index in [0.717, 1.165) is 18.2 Å². The van der Waals surface area contributed by atoms with Gasteiger partial charge in [0.05, 0.1) is 23.4 Å². The summed E-state index contributed by atoms with van der Waals surface area (Å²) in [4.78, 5) is 23.5. The lowest BCUT2D eigenvalue weighted by Crippen LogP contribution is -2.29. The normalized spacial score (nSPS) is 13.7. The number of fused-ring (bicyclic) bond motifs is 1. The maximum absolute atomic E-state index is 13.6. The Morgan fingerprint density at radius 1 is 0.955 bits per heavy atom. The van der Waals surface area contributed by atoms with Crippen molar-refractivity contribution in [2.45, 2.75) is 31.4 Å². The van der Waals surface area contributed by atoms with Crippen LogP contribution in [0.5, 0.6) is 0 Å². The molecule has 0 atom stereocenters. The zero-order valence-corrected chi connectivity index (χ0v) is 22.7. The number of hydrogen-bond donors (Lipinski definition) is 3. The van der Waals surface area contributed by atoms with Crippen molar-refractivity contribution in [3.05, 3.63) is 65.0 Å². The molecule has 0 unspecified atom stereocenters. The second-order valence-corrected chi connectivity index (χ2v) is 9.10. The summed E-state index contributed by atoms with van der Waals surface area (Å²) in [6, 6.07) is 6.75. The van der Waals surface area contributed by atoms with Gasteiger partial charge in [-0.15, -0.1) is 0 Å². The highest BCUT2D eigenvalue weighted by Crippen LogP contribution is 2.36. The average molecular weight is 641 g/mol. The van der Waals surface area contributed by atoms with E-state index in [1.54, 1.807) is 12.0 Å². The van der Waals surface area contributed by atoms with E-state index in [1.165, 1.54) is 24.4 Å². The van der Waals surface area contributed by atoms with Crippen LogP contribution in [0.4, 0.5) is 62.8 Å². The fourth-order valence-corrected chi connectivity index (χ4v) is 4.01. The number of halogens is 9. The third kappa shape index (κ3) is 9.32. The molecule has 3 aromatic rings. The van der Waals surface area contributed by atoms with Gasteiger partial charge in [-0.2, -0.15) is 44.5 Å². The molecule has 3 N–H and O–H groups in total. The highest BCUT2D eigenvalue weighted by atomic mass is 19.4. The van der Waals surface area contributed by atoms with Gasteiger partial charge in [-0.25, -0.2) is 14.8 Å². The molecule has 0 radical (unpaired) electrons. The summed E-state index contributed by atoms with van der Waals surface area (Å²) in [6.07, 6.45) is -12.2. The Balaban J connectivity index is 0.000000676. The number of rotatable bonds is 7. The largest absolute Gasteiger partial charge is 0.490 e. The molecule has 0 fully saturated rings. The van der Waals surface area contributed by atoms with Gasteiger partial charge in [0.2, 0.25) is 5.95 Å². The van der Waals surface area contributed by atoms with Crippen molar-refractivity contribution < 1.29 is 54.2 Å². The number of carbonyl (C=O) groups is 1. The van der Waals surface area contributed by atoms with Crippen molar-refractivity contribution >= 4 is 29.2 Å². The number of anilines is 4. The number of ether oxygens (including phenoxy) is 1. The van der Waals surface area contributed by atoms with Gasteiger partial charge in [0.25, 0.3) is 0 Å². The van der Waals surface area contributed by atoms with Crippen molar-refractivity contribution in [3.63, 3.8) is 0 Å². The lowest BCUT2D eigenvalue weighted by Gasteiger charge is -2.24. The molecule has 2 aromatic heterocycles. The monoisotopic (exact) mass is 640 g/mol. The van der Waals surface area contributed by atoms with E-state index < -0.39 is 35.6 Å². The molecule has 0 amide bonds. The first kappa shape index (κ1) is 34.1. The third-order valence-corrected chi connectivity index (χ3v) is 6.04. The Hall–Kier alpha value is -4.35. The van der Waals surface area contributed by atoms with Crippen LogP contribution >= 0.6 is 0 Å². The number of benzene rings is 1. The minimum Gasteiger partial charge on any atom is -0.475 e. The van der Waals surface area contributed by atoms with Crippen LogP contribution in [0.1, 0.15) is 22.4 Å². The third-order valence-electron chi connectivity index (χ3n) is 6.04. The predicted octanol–water partition coefficient (Wildman–Crippen LogP) is 5.95. The Morgan fingerprint density at radius 3 is 2.16 bits per heavy atom. The quantitative estimate of drug-likeness (QED) is 0.213. The van der Waals surface area contributed by atoms with Crippen LogP contribution in [0, 0.1) is 0 Å². The number of alkyl halides is 9. The average Bonchev–Trinajstić information content (AvgIpc) is 3.15. The van der Waals surface area contributed by atoms with E-state index in [4.69, 9.17) is 14.6 Å². The lowest BCUT2D eigenvalue weighted by molar-refractivity contribution is -0.192. The molecular formula is C26H25F9N6O3. The van der Waals surface area contributed by atoms with Crippen LogP contribution < -0.4 is 15.5 Å². The molecule has 1 aromatic carbocycles. The molecule has 0 spiro atoms. The molecule has 0 bridgehead atoms. The summed E-state index contributed by atoms with van der Waals surface area (Å²) >= 11 is 0. The number of hydrogen-bond acceptors (Lipinski definition) is 8. The van der Waals surface area contributed by atoms with Gasteiger partial charge < -0.3 is 25.4 Å². The number of carboxylic acids is 1. The molecule has 0 aliphatic carbocycles. The molecule has 3 heterocycles. The van der Waals surface area contributed by atoms with E-state index in [9.17, 15) is 39.5 Å². The van der Waals surface area contributed by atoms with Gasteiger partial charge in [0.1, 0.15) is 11.6 Å². The van der Waals surface area contributed by atoms with Gasteiger partial charge in [0.15, 0.2) is 0 Å². The van der Waals surface area contributed by atoms with Crippen LogP contribution in [0.2, 0.25) is 0 Å². The summed E-state index contributed by atoms with van der Waals surface area (Å²) in [6.45, 7) is 1.25. The molecule has 1 aliphatic rings. The number of methoxy groups -OCH3 is 1. The maximum atomic E-state index is 13.6. The van der Waals surface area contributed by atoms with E-state index in [0.29, 0.717) is 48.8 Å². The first-order valence-electron chi connectivity index (χ1n) is 12.6. The Labute approximate surface area is 244 Å². The molecular weight excluding hydrogens is 615 g/mol. The number of carboxylic acid groups (broad SMARTS) is 1. The molecule has 9 nitrogen and oxygen atoms in total. The number of pyridine rings is 1. The van der Waals surface area contributed by atoms with Gasteiger partial charge in [-0.3, -0.25) is 0 Å². The second-order valence-electron chi connectivity index (χ2n) is 9.10. The van der Waals surface area contributed by atoms with Crippen LogP contribution in [-0.2, 0) is 34.7 Å². The van der Waals surface area contributed by atoms with Crippen LogP contribution in [0.3, 0.4) is 0 Å². The van der Waals surface area contributed by atoms with Crippen molar-refractivity contribution in [1.82, 2.24) is 15.0 Å². The second kappa shape index (κ2) is 14.0. The highest BCUT2D eigenvalue weighted by Gasteiger charge is 2.38. The van der Waals surface area contributed by atoms with Crippen LogP contribution in [-0.4, -0.2) is 65.6 Å². The smallest absolute Gasteiger partial charge is 0.475 e. The highest BCUT2D eigenvalue weighted by molar-refractivity contribution is 5.73. The number of nitrogens with zero attached hydrogens (tertiary/aromatic N) is 4. The number of aliphatic carboxylic acids is 1. The van der Waals surface area contributed by atoms with Gasteiger partial charge >= 0.3 is 24.5 Å². The SMILES string of the molecule is COCCNc1nc2c(c(Nc3ccc(C(F)(F)F)cc3)n1)CCN(c1ncccc1C(F)(F)F)CC2.O=C(O)C(F)(F)F. The summed E-state index contributed by atoms with van der Waals surface area (Å²) in [5, 5.41) is 13.2. The number of nitrogens with one attached hydrogen (secondary N) is 2. The Bertz CT molecular complexity index is 1410. The van der Waals surface area contributed by atoms with Crippen molar-refractivity contribution in [3.8, 4) is 0 Å². The fourth-order valence-electron chi connectivity index (χ4n) is 4.01. The van der Waals surface area contributed by atoms with Gasteiger partial charge in [-0.1, -0.05) is 0 Å². The van der Waals surface area contributed by atoms with Gasteiger partial charge in [0, 0.05) is 50.6 Å².